The Kier molecular flexibility index (Phi) is 10.7. The van der Waals surface area contributed by atoms with Crippen molar-refractivity contribution in [1.82, 2.24) is 9.80 Å². The average Bonchev–Trinajstić information content (AvgIpc) is 3.03. The van der Waals surface area contributed by atoms with Crippen LogP contribution in [0.3, 0.4) is 0 Å². The van der Waals surface area contributed by atoms with Crippen LogP contribution in [0.1, 0.15) is 45.6 Å². The van der Waals surface area contributed by atoms with Gasteiger partial charge in [-0.05, 0) is 30.0 Å². The van der Waals surface area contributed by atoms with Gasteiger partial charge in [0.25, 0.3) is 11.8 Å². The molecule has 0 radical (unpaired) electrons. The fraction of sp³-hybridized carbons (Fsp3) is 0.600. The molecule has 7 nitrogen and oxygen atoms in total. The van der Waals surface area contributed by atoms with Crippen molar-refractivity contribution in [3.05, 3.63) is 35.5 Å². The number of nitrogens with zero attached hydrogens (tertiary/aromatic N) is 2. The summed E-state index contributed by atoms with van der Waals surface area (Å²) in [6.07, 6.45) is 2.79. The minimum Gasteiger partial charge on any atom is -0.493 e. The maximum absolute atomic E-state index is 13.4. The number of carbonyl (C=O) groups excluding carboxylic acids is 2. The Labute approximate surface area is 192 Å². The zero-order chi connectivity index (χ0) is 23.5. The second kappa shape index (κ2) is 13.2. The van der Waals surface area contributed by atoms with E-state index in [4.69, 9.17) is 14.2 Å². The van der Waals surface area contributed by atoms with E-state index in [1.165, 1.54) is 4.90 Å². The second-order valence-electron chi connectivity index (χ2n) is 8.39. The molecule has 1 aliphatic heterocycles. The molecule has 1 heterocycles. The lowest BCUT2D eigenvalue weighted by Gasteiger charge is -2.25. The highest BCUT2D eigenvalue weighted by molar-refractivity contribution is 6.35. The molecule has 0 atom stereocenters. The fourth-order valence-corrected chi connectivity index (χ4v) is 3.56. The van der Waals surface area contributed by atoms with E-state index >= 15 is 0 Å². The molecule has 0 aliphatic carbocycles. The maximum atomic E-state index is 13.4. The lowest BCUT2D eigenvalue weighted by molar-refractivity contribution is -0.137. The number of methoxy groups -OCH3 is 2. The number of ether oxygens (including phenoxy) is 3. The van der Waals surface area contributed by atoms with Gasteiger partial charge in [0.05, 0.1) is 25.4 Å². The summed E-state index contributed by atoms with van der Waals surface area (Å²) in [6.45, 7) is 9.22. The minimum absolute atomic E-state index is 0.239. The van der Waals surface area contributed by atoms with Gasteiger partial charge >= 0.3 is 0 Å². The predicted molar refractivity (Wildman–Crippen MR) is 125 cm³/mol. The highest BCUT2D eigenvalue weighted by Crippen LogP contribution is 2.32. The standard InChI is InChI=1S/C25H38N2O5/c1-6-7-8-13-27-24(28)22(20-9-11-21(12-10-20)32-18-19(2)3)23(25(27)29)26(14-16-30-4)15-17-31-5/h9-12,19H,6-8,13-18H2,1-5H3. The molecule has 0 fully saturated rings. The summed E-state index contributed by atoms with van der Waals surface area (Å²) in [5.41, 5.74) is 1.58. The monoisotopic (exact) mass is 446 g/mol. The SMILES string of the molecule is CCCCCN1C(=O)C(c2ccc(OCC(C)C)cc2)=C(N(CCOC)CCOC)C1=O. The van der Waals surface area contributed by atoms with Gasteiger partial charge in [-0.25, -0.2) is 0 Å². The van der Waals surface area contributed by atoms with Gasteiger partial charge in [-0.1, -0.05) is 45.7 Å². The van der Waals surface area contributed by atoms with E-state index in [2.05, 4.69) is 20.8 Å². The molecule has 0 unspecified atom stereocenters. The first-order valence-electron chi connectivity index (χ1n) is 11.5. The Hall–Kier alpha value is -2.38. The third-order valence-electron chi connectivity index (χ3n) is 5.30. The molecule has 2 rings (SSSR count). The van der Waals surface area contributed by atoms with E-state index < -0.39 is 0 Å². The van der Waals surface area contributed by atoms with E-state index in [9.17, 15) is 9.59 Å². The number of amides is 2. The summed E-state index contributed by atoms with van der Waals surface area (Å²) in [5, 5.41) is 0. The van der Waals surface area contributed by atoms with E-state index in [0.717, 1.165) is 25.0 Å². The van der Waals surface area contributed by atoms with Crippen LogP contribution >= 0.6 is 0 Å². The normalized spacial score (nSPS) is 14.1. The molecule has 0 saturated heterocycles. The van der Waals surface area contributed by atoms with Gasteiger partial charge in [-0.15, -0.1) is 0 Å². The lowest BCUT2D eigenvalue weighted by atomic mass is 10.0. The van der Waals surface area contributed by atoms with Crippen molar-refractivity contribution in [3.8, 4) is 5.75 Å². The van der Waals surface area contributed by atoms with E-state index in [1.54, 1.807) is 14.2 Å². The van der Waals surface area contributed by atoms with Crippen LogP contribution < -0.4 is 4.74 Å². The van der Waals surface area contributed by atoms with Crippen LogP contribution in [0.2, 0.25) is 0 Å². The van der Waals surface area contributed by atoms with E-state index in [0.29, 0.717) is 62.2 Å². The summed E-state index contributed by atoms with van der Waals surface area (Å²) in [4.78, 5) is 30.1. The van der Waals surface area contributed by atoms with Gasteiger partial charge in [-0.3, -0.25) is 14.5 Å². The summed E-state index contributed by atoms with van der Waals surface area (Å²) < 4.78 is 16.3. The Morgan fingerprint density at radius 3 is 2.09 bits per heavy atom. The highest BCUT2D eigenvalue weighted by atomic mass is 16.5. The fourth-order valence-electron chi connectivity index (χ4n) is 3.56. The molecule has 0 spiro atoms. The third-order valence-corrected chi connectivity index (χ3v) is 5.30. The molecule has 7 heteroatoms. The summed E-state index contributed by atoms with van der Waals surface area (Å²) in [5.74, 6) is 0.687. The first-order valence-corrected chi connectivity index (χ1v) is 11.5. The smallest absolute Gasteiger partial charge is 0.277 e. The topological polar surface area (TPSA) is 68.3 Å². The zero-order valence-corrected chi connectivity index (χ0v) is 20.2. The van der Waals surface area contributed by atoms with Gasteiger partial charge in [-0.2, -0.15) is 0 Å². The number of imide groups is 1. The molecule has 32 heavy (non-hydrogen) atoms. The van der Waals surface area contributed by atoms with Crippen molar-refractivity contribution in [2.24, 2.45) is 5.92 Å². The molecule has 1 aromatic rings. The zero-order valence-electron chi connectivity index (χ0n) is 20.2. The van der Waals surface area contributed by atoms with Gasteiger partial charge < -0.3 is 19.1 Å². The van der Waals surface area contributed by atoms with Crippen LogP contribution in [-0.4, -0.2) is 75.3 Å². The third kappa shape index (κ3) is 6.81. The molecule has 2 amide bonds. The number of hydrogen-bond donors (Lipinski definition) is 0. The number of rotatable bonds is 15. The van der Waals surface area contributed by atoms with Crippen LogP contribution in [0.5, 0.6) is 5.75 Å². The first kappa shape index (κ1) is 25.9. The van der Waals surface area contributed by atoms with Gasteiger partial charge in [0.1, 0.15) is 11.4 Å². The van der Waals surface area contributed by atoms with Gasteiger partial charge in [0.2, 0.25) is 0 Å². The van der Waals surface area contributed by atoms with Crippen molar-refractivity contribution in [2.75, 3.05) is 53.7 Å². The molecule has 1 aromatic carbocycles. The Balaban J connectivity index is 2.41. The molecule has 178 valence electrons. The van der Waals surface area contributed by atoms with Crippen LogP contribution in [0.4, 0.5) is 0 Å². The second-order valence-corrected chi connectivity index (χ2v) is 8.39. The molecular formula is C25H38N2O5. The Bertz CT molecular complexity index is 765. The average molecular weight is 447 g/mol. The first-order chi connectivity index (χ1) is 15.4. The molecular weight excluding hydrogens is 408 g/mol. The van der Waals surface area contributed by atoms with Crippen LogP contribution in [0.25, 0.3) is 5.57 Å². The largest absolute Gasteiger partial charge is 0.493 e. The molecule has 0 aromatic heterocycles. The van der Waals surface area contributed by atoms with Crippen molar-refractivity contribution >= 4 is 17.4 Å². The van der Waals surface area contributed by atoms with Crippen molar-refractivity contribution in [2.45, 2.75) is 40.0 Å². The molecule has 0 N–H and O–H groups in total. The summed E-state index contributed by atoms with van der Waals surface area (Å²) >= 11 is 0. The van der Waals surface area contributed by atoms with Crippen LogP contribution in [0, 0.1) is 5.92 Å². The number of unbranched alkanes of at least 4 members (excludes halogenated alkanes) is 2. The molecule has 0 saturated carbocycles. The van der Waals surface area contributed by atoms with Crippen molar-refractivity contribution < 1.29 is 23.8 Å². The van der Waals surface area contributed by atoms with E-state index in [-0.39, 0.29) is 11.8 Å². The highest BCUT2D eigenvalue weighted by Gasteiger charge is 2.41. The number of carbonyl (C=O) groups is 2. The van der Waals surface area contributed by atoms with Crippen LogP contribution in [0.15, 0.2) is 30.0 Å². The van der Waals surface area contributed by atoms with Gasteiger partial charge in [0.15, 0.2) is 0 Å². The molecule has 0 bridgehead atoms. The number of benzene rings is 1. The van der Waals surface area contributed by atoms with E-state index in [1.807, 2.05) is 29.2 Å². The van der Waals surface area contributed by atoms with Gasteiger partial charge in [0, 0.05) is 33.9 Å². The van der Waals surface area contributed by atoms with Crippen molar-refractivity contribution in [1.29, 1.82) is 0 Å². The predicted octanol–water partition coefficient (Wildman–Crippen LogP) is 3.59. The quantitative estimate of drug-likeness (QED) is 0.303. The molecule has 1 aliphatic rings. The maximum Gasteiger partial charge on any atom is 0.277 e. The number of hydrogen-bond acceptors (Lipinski definition) is 6. The van der Waals surface area contributed by atoms with Crippen molar-refractivity contribution in [3.63, 3.8) is 0 Å². The summed E-state index contributed by atoms with van der Waals surface area (Å²) in [6, 6.07) is 7.43. The Morgan fingerprint density at radius 2 is 1.56 bits per heavy atom. The Morgan fingerprint density at radius 1 is 0.938 bits per heavy atom. The minimum atomic E-state index is -0.242. The summed E-state index contributed by atoms with van der Waals surface area (Å²) in [7, 11) is 3.25. The van der Waals surface area contributed by atoms with Crippen LogP contribution in [-0.2, 0) is 19.1 Å². The lowest BCUT2D eigenvalue weighted by Crippen LogP contribution is -2.38.